The van der Waals surface area contributed by atoms with Crippen molar-refractivity contribution in [1.82, 2.24) is 10.2 Å². The topological polar surface area (TPSA) is 117 Å². The average Bonchev–Trinajstić information content (AvgIpc) is 3.52. The predicted octanol–water partition coefficient (Wildman–Crippen LogP) is 7.93. The van der Waals surface area contributed by atoms with Crippen LogP contribution in [0, 0.1) is 6.92 Å². The minimum atomic E-state index is -0.493. The summed E-state index contributed by atoms with van der Waals surface area (Å²) in [5, 5.41) is 9.16. The maximum atomic E-state index is 13.6. The third kappa shape index (κ3) is 9.89. The summed E-state index contributed by atoms with van der Waals surface area (Å²) >= 11 is 2.73. The summed E-state index contributed by atoms with van der Waals surface area (Å²) in [7, 11) is 0. The molecule has 0 fully saturated rings. The first kappa shape index (κ1) is 37.3. The van der Waals surface area contributed by atoms with E-state index < -0.39 is 17.8 Å². The van der Waals surface area contributed by atoms with Crippen molar-refractivity contribution < 1.29 is 23.9 Å². The SMILES string of the molecule is CCOC(=O)c1c(NC(=O)CSc2cccc(NC(=O)/C(=C/c3ccccc3C)NC(=O)c3ccccc3)c2)sc2c1CCN(Cc1ccccc1)C2. The van der Waals surface area contributed by atoms with Gasteiger partial charge in [-0.2, -0.15) is 0 Å². The average molecular weight is 745 g/mol. The summed E-state index contributed by atoms with van der Waals surface area (Å²) in [6.45, 7) is 6.22. The van der Waals surface area contributed by atoms with E-state index in [0.29, 0.717) is 34.8 Å². The standard InChI is InChI=1S/C42H40N4O5S2/c1-3-51-42(50)38-34-21-22-46(25-29-14-6-4-7-15-29)26-36(34)53-41(38)45-37(47)27-52-33-20-12-19-32(24-33)43-40(49)35(23-31-18-11-10-13-28(31)2)44-39(48)30-16-8-5-9-17-30/h4-20,23-24H,3,21-22,25-27H2,1-2H3,(H,43,49)(H,44,48)(H,45,47)/b35-23-. The van der Waals surface area contributed by atoms with Crippen molar-refractivity contribution in [2.45, 2.75) is 38.3 Å². The fourth-order valence-corrected chi connectivity index (χ4v) is 8.01. The van der Waals surface area contributed by atoms with E-state index in [1.807, 2.05) is 61.5 Å². The molecular formula is C42H40N4O5S2. The van der Waals surface area contributed by atoms with E-state index in [4.69, 9.17) is 4.74 Å². The van der Waals surface area contributed by atoms with Crippen LogP contribution in [0.4, 0.5) is 10.7 Å². The minimum absolute atomic E-state index is 0.0773. The van der Waals surface area contributed by atoms with Gasteiger partial charge in [-0.1, -0.05) is 78.9 Å². The number of rotatable bonds is 13. The number of nitrogens with zero attached hydrogens (tertiary/aromatic N) is 1. The largest absolute Gasteiger partial charge is 0.462 e. The highest BCUT2D eigenvalue weighted by Gasteiger charge is 2.29. The molecule has 0 saturated carbocycles. The molecule has 11 heteroatoms. The molecule has 3 amide bonds. The number of aryl methyl sites for hydroxylation is 1. The Labute approximate surface area is 317 Å². The Bertz CT molecular complexity index is 2130. The maximum Gasteiger partial charge on any atom is 0.341 e. The first-order chi connectivity index (χ1) is 25.8. The zero-order chi connectivity index (χ0) is 37.2. The smallest absolute Gasteiger partial charge is 0.341 e. The highest BCUT2D eigenvalue weighted by atomic mass is 32.2. The molecular weight excluding hydrogens is 705 g/mol. The van der Waals surface area contributed by atoms with E-state index >= 15 is 0 Å². The number of carbonyl (C=O) groups excluding carboxylic acids is 4. The number of ether oxygens (including phenoxy) is 1. The van der Waals surface area contributed by atoms with Gasteiger partial charge in [-0.3, -0.25) is 19.3 Å². The molecule has 0 bridgehead atoms. The number of thioether (sulfide) groups is 1. The van der Waals surface area contributed by atoms with Crippen LogP contribution < -0.4 is 16.0 Å². The Hall–Kier alpha value is -5.49. The number of hydrogen-bond donors (Lipinski definition) is 3. The van der Waals surface area contributed by atoms with Crippen LogP contribution in [0.5, 0.6) is 0 Å². The molecule has 53 heavy (non-hydrogen) atoms. The lowest BCUT2D eigenvalue weighted by Crippen LogP contribution is -2.30. The Morgan fingerprint density at radius 1 is 0.887 bits per heavy atom. The predicted molar refractivity (Wildman–Crippen MR) is 212 cm³/mol. The molecule has 6 rings (SSSR count). The van der Waals surface area contributed by atoms with Gasteiger partial charge in [0.15, 0.2) is 0 Å². The molecule has 3 N–H and O–H groups in total. The monoisotopic (exact) mass is 744 g/mol. The summed E-state index contributed by atoms with van der Waals surface area (Å²) in [5.74, 6) is -1.51. The van der Waals surface area contributed by atoms with Crippen molar-refractivity contribution in [3.05, 3.63) is 153 Å². The number of hydrogen-bond acceptors (Lipinski definition) is 8. The number of esters is 1. The summed E-state index contributed by atoms with van der Waals surface area (Å²) in [4.78, 5) is 57.2. The molecule has 0 unspecified atom stereocenters. The summed E-state index contributed by atoms with van der Waals surface area (Å²) in [6.07, 6.45) is 2.34. The highest BCUT2D eigenvalue weighted by Crippen LogP contribution is 2.38. The normalized spacial score (nSPS) is 12.8. The lowest BCUT2D eigenvalue weighted by atomic mass is 10.0. The molecule has 0 radical (unpaired) electrons. The van der Waals surface area contributed by atoms with Crippen molar-refractivity contribution in [1.29, 1.82) is 0 Å². The van der Waals surface area contributed by atoms with Crippen LogP contribution >= 0.6 is 23.1 Å². The Kier molecular flexibility index (Phi) is 12.5. The van der Waals surface area contributed by atoms with Crippen LogP contribution in [0.25, 0.3) is 6.08 Å². The summed E-state index contributed by atoms with van der Waals surface area (Å²) in [6, 6.07) is 33.7. The van der Waals surface area contributed by atoms with Crippen LogP contribution in [0.15, 0.2) is 120 Å². The number of anilines is 2. The van der Waals surface area contributed by atoms with Gasteiger partial charge in [-0.05, 0) is 78.9 Å². The molecule has 9 nitrogen and oxygen atoms in total. The maximum absolute atomic E-state index is 13.6. The Morgan fingerprint density at radius 3 is 2.38 bits per heavy atom. The lowest BCUT2D eigenvalue weighted by Gasteiger charge is -2.27. The van der Waals surface area contributed by atoms with Gasteiger partial charge in [0.05, 0.1) is 17.9 Å². The third-order valence-electron chi connectivity index (χ3n) is 8.60. The third-order valence-corrected chi connectivity index (χ3v) is 10.7. The number of nitrogens with one attached hydrogen (secondary N) is 3. The van der Waals surface area contributed by atoms with Crippen molar-refractivity contribution >= 4 is 63.6 Å². The van der Waals surface area contributed by atoms with Crippen LogP contribution in [0.3, 0.4) is 0 Å². The molecule has 1 aliphatic heterocycles. The van der Waals surface area contributed by atoms with E-state index in [1.165, 1.54) is 28.7 Å². The molecule has 0 saturated heterocycles. The lowest BCUT2D eigenvalue weighted by molar-refractivity contribution is -0.114. The van der Waals surface area contributed by atoms with E-state index in [9.17, 15) is 19.2 Å². The van der Waals surface area contributed by atoms with E-state index in [0.717, 1.165) is 39.6 Å². The van der Waals surface area contributed by atoms with Crippen LogP contribution in [0.2, 0.25) is 0 Å². The number of carbonyl (C=O) groups is 4. The minimum Gasteiger partial charge on any atom is -0.462 e. The quantitative estimate of drug-likeness (QED) is 0.0637. The van der Waals surface area contributed by atoms with Crippen LogP contribution in [0.1, 0.15) is 54.8 Å². The van der Waals surface area contributed by atoms with Crippen molar-refractivity contribution in [3.63, 3.8) is 0 Å². The number of benzene rings is 4. The van der Waals surface area contributed by atoms with E-state index in [1.54, 1.807) is 55.5 Å². The first-order valence-electron chi connectivity index (χ1n) is 17.3. The van der Waals surface area contributed by atoms with Crippen molar-refractivity contribution in [3.8, 4) is 0 Å². The highest BCUT2D eigenvalue weighted by molar-refractivity contribution is 8.00. The van der Waals surface area contributed by atoms with Crippen molar-refractivity contribution in [2.75, 3.05) is 29.5 Å². The molecule has 270 valence electrons. The second-order valence-corrected chi connectivity index (χ2v) is 14.6. The van der Waals surface area contributed by atoms with Gasteiger partial charge >= 0.3 is 5.97 Å². The Morgan fingerprint density at radius 2 is 1.62 bits per heavy atom. The van der Waals surface area contributed by atoms with Gasteiger partial charge in [-0.25, -0.2) is 4.79 Å². The zero-order valence-corrected chi connectivity index (χ0v) is 31.2. The van der Waals surface area contributed by atoms with E-state index in [-0.39, 0.29) is 24.0 Å². The number of fused-ring (bicyclic) bond motifs is 1. The van der Waals surface area contributed by atoms with Gasteiger partial charge in [0, 0.05) is 40.7 Å². The first-order valence-corrected chi connectivity index (χ1v) is 19.1. The fraction of sp³-hybridized carbons (Fsp3) is 0.190. The molecule has 4 aromatic carbocycles. The summed E-state index contributed by atoms with van der Waals surface area (Å²) < 4.78 is 5.41. The molecule has 0 spiro atoms. The zero-order valence-electron chi connectivity index (χ0n) is 29.5. The fourth-order valence-electron chi connectivity index (χ4n) is 5.96. The van der Waals surface area contributed by atoms with Gasteiger partial charge < -0.3 is 20.7 Å². The second-order valence-electron chi connectivity index (χ2n) is 12.4. The second kappa shape index (κ2) is 17.8. The Balaban J connectivity index is 1.12. The van der Waals surface area contributed by atoms with Gasteiger partial charge in [0.2, 0.25) is 5.91 Å². The molecule has 0 aliphatic carbocycles. The molecule has 0 atom stereocenters. The molecule has 1 aromatic heterocycles. The molecule has 1 aliphatic rings. The van der Waals surface area contributed by atoms with Crippen molar-refractivity contribution in [2.24, 2.45) is 0 Å². The van der Waals surface area contributed by atoms with Gasteiger partial charge in [0.1, 0.15) is 10.7 Å². The number of thiophene rings is 1. The molecule has 5 aromatic rings. The van der Waals surface area contributed by atoms with E-state index in [2.05, 4.69) is 33.0 Å². The van der Waals surface area contributed by atoms with Gasteiger partial charge in [-0.15, -0.1) is 23.1 Å². The van der Waals surface area contributed by atoms with Gasteiger partial charge in [0.25, 0.3) is 11.8 Å². The summed E-state index contributed by atoms with van der Waals surface area (Å²) in [5.41, 5.74) is 5.37. The molecule has 2 heterocycles. The number of amides is 3. The van der Waals surface area contributed by atoms with Crippen LogP contribution in [-0.2, 0) is 33.8 Å². The van der Waals surface area contributed by atoms with Crippen LogP contribution in [-0.4, -0.2) is 47.5 Å².